The molecular formula is C14H20ClN. The van der Waals surface area contributed by atoms with Crippen LogP contribution >= 0.6 is 11.6 Å². The van der Waals surface area contributed by atoms with Crippen LogP contribution in [0.2, 0.25) is 0 Å². The number of halogens is 1. The fourth-order valence-electron chi connectivity index (χ4n) is 1.55. The molecule has 0 bridgehead atoms. The van der Waals surface area contributed by atoms with Gasteiger partial charge in [-0.2, -0.15) is 0 Å². The Balaban J connectivity index is 2.15. The summed E-state index contributed by atoms with van der Waals surface area (Å²) in [6.45, 7) is 3.13. The van der Waals surface area contributed by atoms with Crippen LogP contribution in [0.4, 0.5) is 0 Å². The molecule has 0 saturated carbocycles. The summed E-state index contributed by atoms with van der Waals surface area (Å²) >= 11 is 5.54. The molecule has 1 unspecified atom stereocenters. The molecule has 1 rings (SSSR count). The van der Waals surface area contributed by atoms with Gasteiger partial charge in [0, 0.05) is 18.5 Å². The van der Waals surface area contributed by atoms with Gasteiger partial charge in [0.15, 0.2) is 0 Å². The van der Waals surface area contributed by atoms with E-state index in [0.29, 0.717) is 11.9 Å². The van der Waals surface area contributed by atoms with Crippen LogP contribution in [0.25, 0.3) is 0 Å². The Hall–Kier alpha value is -0.790. The van der Waals surface area contributed by atoms with Gasteiger partial charge in [0.1, 0.15) is 0 Å². The lowest BCUT2D eigenvalue weighted by Gasteiger charge is -2.11. The molecule has 0 heterocycles. The zero-order valence-corrected chi connectivity index (χ0v) is 10.6. The van der Waals surface area contributed by atoms with E-state index >= 15 is 0 Å². The first-order chi connectivity index (χ1) is 7.83. The maximum Gasteiger partial charge on any atom is 0.0404 e. The maximum atomic E-state index is 5.54. The van der Waals surface area contributed by atoms with Crippen LogP contribution in [0.15, 0.2) is 42.5 Å². The van der Waals surface area contributed by atoms with Crippen molar-refractivity contribution in [3.8, 4) is 0 Å². The van der Waals surface area contributed by atoms with Gasteiger partial charge in [0.05, 0.1) is 0 Å². The molecule has 2 heteroatoms. The van der Waals surface area contributed by atoms with Gasteiger partial charge in [-0.1, -0.05) is 42.5 Å². The summed E-state index contributed by atoms with van der Waals surface area (Å²) in [7, 11) is 0. The monoisotopic (exact) mass is 237 g/mol. The summed E-state index contributed by atoms with van der Waals surface area (Å²) in [5.41, 5.74) is 1.41. The largest absolute Gasteiger partial charge is 0.311 e. The summed E-state index contributed by atoms with van der Waals surface area (Å²) in [6, 6.07) is 11.1. The SMILES string of the molecule is CC(CCc1ccccc1)NC/C=C/CCl. The van der Waals surface area contributed by atoms with E-state index < -0.39 is 0 Å². The van der Waals surface area contributed by atoms with Crippen molar-refractivity contribution in [3.63, 3.8) is 0 Å². The lowest BCUT2D eigenvalue weighted by Crippen LogP contribution is -2.26. The van der Waals surface area contributed by atoms with Gasteiger partial charge in [0.25, 0.3) is 0 Å². The highest BCUT2D eigenvalue weighted by atomic mass is 35.5. The lowest BCUT2D eigenvalue weighted by atomic mass is 10.1. The van der Waals surface area contributed by atoms with Crippen molar-refractivity contribution in [3.05, 3.63) is 48.0 Å². The van der Waals surface area contributed by atoms with E-state index in [9.17, 15) is 0 Å². The van der Waals surface area contributed by atoms with Crippen molar-refractivity contribution in [2.24, 2.45) is 0 Å². The first-order valence-electron chi connectivity index (χ1n) is 5.81. The van der Waals surface area contributed by atoms with Gasteiger partial charge in [0.2, 0.25) is 0 Å². The average Bonchev–Trinajstić information content (AvgIpc) is 2.33. The number of nitrogens with one attached hydrogen (secondary N) is 1. The van der Waals surface area contributed by atoms with Crippen LogP contribution in [-0.4, -0.2) is 18.5 Å². The normalized spacial score (nSPS) is 13.1. The van der Waals surface area contributed by atoms with Crippen LogP contribution in [0, 0.1) is 0 Å². The number of hydrogen-bond donors (Lipinski definition) is 1. The molecule has 0 aliphatic rings. The Morgan fingerprint density at radius 1 is 1.25 bits per heavy atom. The molecule has 1 aromatic rings. The van der Waals surface area contributed by atoms with Gasteiger partial charge in [-0.3, -0.25) is 0 Å². The number of allylic oxidation sites excluding steroid dienone is 1. The molecule has 1 aromatic carbocycles. The van der Waals surface area contributed by atoms with Crippen LogP contribution in [0.5, 0.6) is 0 Å². The highest BCUT2D eigenvalue weighted by molar-refractivity contribution is 6.18. The van der Waals surface area contributed by atoms with E-state index in [-0.39, 0.29) is 0 Å². The van der Waals surface area contributed by atoms with Crippen LogP contribution in [0.1, 0.15) is 18.9 Å². The number of rotatable bonds is 7. The third kappa shape index (κ3) is 5.94. The van der Waals surface area contributed by atoms with Crippen LogP contribution < -0.4 is 5.32 Å². The van der Waals surface area contributed by atoms with E-state index in [1.807, 2.05) is 6.08 Å². The van der Waals surface area contributed by atoms with Gasteiger partial charge >= 0.3 is 0 Å². The third-order valence-corrected chi connectivity index (χ3v) is 2.73. The zero-order valence-electron chi connectivity index (χ0n) is 9.83. The molecule has 1 nitrogen and oxygen atoms in total. The van der Waals surface area contributed by atoms with Crippen molar-refractivity contribution < 1.29 is 0 Å². The van der Waals surface area contributed by atoms with E-state index in [0.717, 1.165) is 13.0 Å². The van der Waals surface area contributed by atoms with Crippen molar-refractivity contribution in [1.82, 2.24) is 5.32 Å². The summed E-state index contributed by atoms with van der Waals surface area (Å²) < 4.78 is 0. The number of benzene rings is 1. The minimum atomic E-state index is 0.542. The van der Waals surface area contributed by atoms with Crippen molar-refractivity contribution in [2.75, 3.05) is 12.4 Å². The molecule has 1 N–H and O–H groups in total. The topological polar surface area (TPSA) is 12.0 Å². The molecule has 0 amide bonds. The predicted molar refractivity (Wildman–Crippen MR) is 72.1 cm³/mol. The summed E-state index contributed by atoms with van der Waals surface area (Å²) in [6.07, 6.45) is 6.34. The van der Waals surface area contributed by atoms with Crippen molar-refractivity contribution in [2.45, 2.75) is 25.8 Å². The minimum Gasteiger partial charge on any atom is -0.311 e. The molecule has 0 aliphatic heterocycles. The van der Waals surface area contributed by atoms with Crippen LogP contribution in [-0.2, 0) is 6.42 Å². The van der Waals surface area contributed by atoms with Crippen LogP contribution in [0.3, 0.4) is 0 Å². The Labute approximate surface area is 104 Å². The number of alkyl halides is 1. The van der Waals surface area contributed by atoms with E-state index in [1.54, 1.807) is 0 Å². The second-order valence-corrected chi connectivity index (χ2v) is 4.27. The predicted octanol–water partition coefficient (Wildman–Crippen LogP) is 3.39. The van der Waals surface area contributed by atoms with Gasteiger partial charge in [-0.05, 0) is 25.3 Å². The van der Waals surface area contributed by atoms with E-state index in [1.165, 1.54) is 12.0 Å². The average molecular weight is 238 g/mol. The van der Waals surface area contributed by atoms with Gasteiger partial charge in [-0.25, -0.2) is 0 Å². The summed E-state index contributed by atoms with van der Waals surface area (Å²) in [5.74, 6) is 0.597. The first kappa shape index (κ1) is 13.3. The number of hydrogen-bond acceptors (Lipinski definition) is 1. The Morgan fingerprint density at radius 3 is 2.69 bits per heavy atom. The molecule has 0 aliphatic carbocycles. The van der Waals surface area contributed by atoms with E-state index in [4.69, 9.17) is 11.6 Å². The van der Waals surface area contributed by atoms with Crippen molar-refractivity contribution in [1.29, 1.82) is 0 Å². The molecule has 0 aromatic heterocycles. The second kappa shape index (κ2) is 8.37. The fraction of sp³-hybridized carbons (Fsp3) is 0.429. The number of aryl methyl sites for hydroxylation is 1. The molecule has 1 atom stereocenters. The molecule has 0 radical (unpaired) electrons. The fourth-order valence-corrected chi connectivity index (χ4v) is 1.67. The molecule has 16 heavy (non-hydrogen) atoms. The maximum absolute atomic E-state index is 5.54. The van der Waals surface area contributed by atoms with Gasteiger partial charge in [-0.15, -0.1) is 11.6 Å². The summed E-state index contributed by atoms with van der Waals surface area (Å²) in [4.78, 5) is 0. The standard InChI is InChI=1S/C14H20ClN/c1-13(16-12-6-5-11-15)9-10-14-7-3-2-4-8-14/h2-8,13,16H,9-12H2,1H3/b6-5+. The molecule has 0 spiro atoms. The summed E-state index contributed by atoms with van der Waals surface area (Å²) in [5, 5.41) is 3.44. The van der Waals surface area contributed by atoms with Crippen molar-refractivity contribution >= 4 is 11.6 Å². The quantitative estimate of drug-likeness (QED) is 0.566. The Morgan fingerprint density at radius 2 is 2.00 bits per heavy atom. The Bertz CT molecular complexity index is 295. The third-order valence-electron chi connectivity index (χ3n) is 2.55. The smallest absolute Gasteiger partial charge is 0.0404 e. The minimum absolute atomic E-state index is 0.542. The second-order valence-electron chi connectivity index (χ2n) is 3.96. The lowest BCUT2D eigenvalue weighted by molar-refractivity contribution is 0.543. The molecular weight excluding hydrogens is 218 g/mol. The highest BCUT2D eigenvalue weighted by Gasteiger charge is 2.00. The molecule has 88 valence electrons. The molecule has 0 saturated heterocycles. The molecule has 0 fully saturated rings. The Kier molecular flexibility index (Phi) is 6.95. The zero-order chi connectivity index (χ0) is 11.6. The van der Waals surface area contributed by atoms with E-state index in [2.05, 4.69) is 48.6 Å². The first-order valence-corrected chi connectivity index (χ1v) is 6.34. The van der Waals surface area contributed by atoms with Gasteiger partial charge < -0.3 is 5.32 Å². The highest BCUT2D eigenvalue weighted by Crippen LogP contribution is 2.04.